The normalized spacial score (nSPS) is 17.8. The molecule has 1 aromatic carbocycles. The zero-order chi connectivity index (χ0) is 16.1. The van der Waals surface area contributed by atoms with Gasteiger partial charge in [0.1, 0.15) is 5.82 Å². The lowest BCUT2D eigenvalue weighted by molar-refractivity contribution is -0.125. The van der Waals surface area contributed by atoms with Crippen LogP contribution in [-0.2, 0) is 11.3 Å². The number of carbonyl (C=O) groups is 1. The highest BCUT2D eigenvalue weighted by atomic mass is 19.1. The number of rotatable bonds is 4. The minimum atomic E-state index is -0.272. The van der Waals surface area contributed by atoms with E-state index >= 15 is 0 Å². The molecule has 1 N–H and O–H groups in total. The molecule has 0 saturated carbocycles. The van der Waals surface area contributed by atoms with Gasteiger partial charge in [0.05, 0.1) is 5.92 Å². The van der Waals surface area contributed by atoms with E-state index in [1.54, 1.807) is 30.6 Å². The predicted molar refractivity (Wildman–Crippen MR) is 85.2 cm³/mol. The number of hydrogen-bond donors (Lipinski definition) is 1. The van der Waals surface area contributed by atoms with Crippen LogP contribution < -0.4 is 10.2 Å². The summed E-state index contributed by atoms with van der Waals surface area (Å²) in [5, 5.41) is 2.93. The van der Waals surface area contributed by atoms with Crippen molar-refractivity contribution in [3.8, 4) is 0 Å². The molecule has 0 unspecified atom stereocenters. The Bertz CT molecular complexity index is 647. The highest BCUT2D eigenvalue weighted by molar-refractivity contribution is 5.79. The number of piperidine rings is 1. The van der Waals surface area contributed by atoms with Crippen molar-refractivity contribution in [2.45, 2.75) is 19.4 Å². The molecule has 0 aliphatic carbocycles. The van der Waals surface area contributed by atoms with Crippen molar-refractivity contribution in [2.75, 3.05) is 18.0 Å². The van der Waals surface area contributed by atoms with E-state index in [0.717, 1.165) is 24.9 Å². The Morgan fingerprint density at radius 2 is 2.00 bits per heavy atom. The Kier molecular flexibility index (Phi) is 4.80. The largest absolute Gasteiger partial charge is 0.352 e. The third-order valence-corrected chi connectivity index (χ3v) is 4.01. The summed E-state index contributed by atoms with van der Waals surface area (Å²) in [6, 6.07) is 7.94. The van der Waals surface area contributed by atoms with Gasteiger partial charge in [0.25, 0.3) is 0 Å². The molecule has 0 radical (unpaired) electrons. The Morgan fingerprint density at radius 1 is 1.26 bits per heavy atom. The van der Waals surface area contributed by atoms with Crippen LogP contribution in [0.1, 0.15) is 18.4 Å². The number of anilines is 1. The van der Waals surface area contributed by atoms with Gasteiger partial charge in [0.2, 0.25) is 11.9 Å². The third-order valence-electron chi connectivity index (χ3n) is 4.01. The second-order valence-electron chi connectivity index (χ2n) is 5.68. The maximum Gasteiger partial charge on any atom is 0.225 e. The topological polar surface area (TPSA) is 58.1 Å². The van der Waals surface area contributed by atoms with Crippen molar-refractivity contribution < 1.29 is 9.18 Å². The summed E-state index contributed by atoms with van der Waals surface area (Å²) < 4.78 is 12.9. The fourth-order valence-electron chi connectivity index (χ4n) is 2.76. The molecule has 120 valence electrons. The lowest BCUT2D eigenvalue weighted by Gasteiger charge is -2.31. The number of hydrogen-bond acceptors (Lipinski definition) is 4. The van der Waals surface area contributed by atoms with E-state index < -0.39 is 0 Å². The minimum Gasteiger partial charge on any atom is -0.352 e. The van der Waals surface area contributed by atoms with E-state index in [1.165, 1.54) is 12.1 Å². The second kappa shape index (κ2) is 7.17. The molecule has 6 heteroatoms. The molecule has 0 spiro atoms. The first-order valence-corrected chi connectivity index (χ1v) is 7.76. The lowest BCUT2D eigenvalue weighted by atomic mass is 9.97. The average molecular weight is 314 g/mol. The van der Waals surface area contributed by atoms with Crippen LogP contribution in [0, 0.1) is 11.7 Å². The van der Waals surface area contributed by atoms with Crippen molar-refractivity contribution in [2.24, 2.45) is 5.92 Å². The fraction of sp³-hybridized carbons (Fsp3) is 0.353. The van der Waals surface area contributed by atoms with Crippen molar-refractivity contribution in [1.82, 2.24) is 15.3 Å². The summed E-state index contributed by atoms with van der Waals surface area (Å²) >= 11 is 0. The van der Waals surface area contributed by atoms with Gasteiger partial charge in [-0.25, -0.2) is 14.4 Å². The van der Waals surface area contributed by atoms with Crippen LogP contribution in [0.2, 0.25) is 0 Å². The van der Waals surface area contributed by atoms with Crippen LogP contribution in [0.25, 0.3) is 0 Å². The summed E-state index contributed by atoms with van der Waals surface area (Å²) in [4.78, 5) is 22.9. The molecule has 0 bridgehead atoms. The number of aromatic nitrogens is 2. The third kappa shape index (κ3) is 4.03. The Labute approximate surface area is 134 Å². The van der Waals surface area contributed by atoms with Crippen molar-refractivity contribution in [3.63, 3.8) is 0 Å². The van der Waals surface area contributed by atoms with Crippen LogP contribution in [0.5, 0.6) is 0 Å². The number of nitrogens with zero attached hydrogens (tertiary/aromatic N) is 3. The zero-order valence-corrected chi connectivity index (χ0v) is 12.8. The van der Waals surface area contributed by atoms with E-state index in [0.29, 0.717) is 19.0 Å². The SMILES string of the molecule is O=C(NCc1ccc(F)cc1)[C@H]1CCCN(c2ncccn2)C1. The molecule has 2 heterocycles. The fourth-order valence-corrected chi connectivity index (χ4v) is 2.76. The molecule has 3 rings (SSSR count). The first-order valence-electron chi connectivity index (χ1n) is 7.76. The van der Waals surface area contributed by atoms with Gasteiger partial charge in [0.15, 0.2) is 0 Å². The van der Waals surface area contributed by atoms with Gasteiger partial charge in [-0.3, -0.25) is 4.79 Å². The Hall–Kier alpha value is -2.50. The van der Waals surface area contributed by atoms with Crippen LogP contribution >= 0.6 is 0 Å². The van der Waals surface area contributed by atoms with Gasteiger partial charge in [-0.1, -0.05) is 12.1 Å². The Balaban J connectivity index is 1.55. The number of carbonyl (C=O) groups excluding carboxylic acids is 1. The standard InChI is InChI=1S/C17H19FN4O/c18-15-6-4-13(5-7-15)11-21-16(23)14-3-1-10-22(12-14)17-19-8-2-9-20-17/h2,4-9,14H,1,3,10-12H2,(H,21,23)/t14-/m0/s1. The van der Waals surface area contributed by atoms with Gasteiger partial charge in [0, 0.05) is 32.0 Å². The summed E-state index contributed by atoms with van der Waals surface area (Å²) in [6.07, 6.45) is 5.21. The maximum atomic E-state index is 12.9. The highest BCUT2D eigenvalue weighted by Crippen LogP contribution is 2.20. The highest BCUT2D eigenvalue weighted by Gasteiger charge is 2.26. The van der Waals surface area contributed by atoms with Gasteiger partial charge in [-0.2, -0.15) is 0 Å². The van der Waals surface area contributed by atoms with E-state index in [9.17, 15) is 9.18 Å². The van der Waals surface area contributed by atoms with Gasteiger partial charge >= 0.3 is 0 Å². The van der Waals surface area contributed by atoms with Crippen LogP contribution in [0.3, 0.4) is 0 Å². The molecular weight excluding hydrogens is 295 g/mol. The number of amides is 1. The lowest BCUT2D eigenvalue weighted by Crippen LogP contribution is -2.43. The minimum absolute atomic E-state index is 0.0231. The summed E-state index contributed by atoms with van der Waals surface area (Å²) in [5.74, 6) is 0.345. The number of nitrogens with one attached hydrogen (secondary N) is 1. The number of halogens is 1. The van der Waals surface area contributed by atoms with E-state index in [-0.39, 0.29) is 17.6 Å². The van der Waals surface area contributed by atoms with Crippen LogP contribution in [0.4, 0.5) is 10.3 Å². The molecule has 1 amide bonds. The average Bonchev–Trinajstić information content (AvgIpc) is 2.62. The molecule has 1 aliphatic heterocycles. The smallest absolute Gasteiger partial charge is 0.225 e. The van der Waals surface area contributed by atoms with E-state index in [1.807, 2.05) is 4.90 Å². The van der Waals surface area contributed by atoms with Crippen LogP contribution in [-0.4, -0.2) is 29.0 Å². The van der Waals surface area contributed by atoms with Gasteiger partial charge < -0.3 is 10.2 Å². The van der Waals surface area contributed by atoms with Crippen molar-refractivity contribution in [1.29, 1.82) is 0 Å². The molecule has 23 heavy (non-hydrogen) atoms. The molecule has 2 aromatic rings. The van der Waals surface area contributed by atoms with Crippen molar-refractivity contribution >= 4 is 11.9 Å². The van der Waals surface area contributed by atoms with E-state index in [4.69, 9.17) is 0 Å². The predicted octanol–water partition coefficient (Wildman–Crippen LogP) is 2.15. The van der Waals surface area contributed by atoms with E-state index in [2.05, 4.69) is 15.3 Å². The maximum absolute atomic E-state index is 12.9. The quantitative estimate of drug-likeness (QED) is 0.939. The summed E-state index contributed by atoms with van der Waals surface area (Å²) in [6.45, 7) is 1.91. The second-order valence-corrected chi connectivity index (χ2v) is 5.68. The number of benzene rings is 1. The molecule has 1 aromatic heterocycles. The zero-order valence-electron chi connectivity index (χ0n) is 12.8. The summed E-state index contributed by atoms with van der Waals surface area (Å²) in [5.41, 5.74) is 0.888. The van der Waals surface area contributed by atoms with Gasteiger partial charge in [-0.05, 0) is 36.6 Å². The van der Waals surface area contributed by atoms with Crippen molar-refractivity contribution in [3.05, 3.63) is 54.1 Å². The molecular formula is C17H19FN4O. The van der Waals surface area contributed by atoms with Crippen LogP contribution in [0.15, 0.2) is 42.7 Å². The molecule has 1 fully saturated rings. The first kappa shape index (κ1) is 15.4. The molecule has 1 atom stereocenters. The summed E-state index contributed by atoms with van der Waals surface area (Å²) in [7, 11) is 0. The monoisotopic (exact) mass is 314 g/mol. The Morgan fingerprint density at radius 3 is 2.74 bits per heavy atom. The molecule has 1 saturated heterocycles. The first-order chi connectivity index (χ1) is 11.2. The molecule has 5 nitrogen and oxygen atoms in total. The molecule has 1 aliphatic rings. The van der Waals surface area contributed by atoms with Gasteiger partial charge in [-0.15, -0.1) is 0 Å².